The van der Waals surface area contributed by atoms with Crippen molar-refractivity contribution >= 4 is 31.5 Å². The third-order valence-electron chi connectivity index (χ3n) is 3.98. The first-order valence-electron chi connectivity index (χ1n) is 7.38. The van der Waals surface area contributed by atoms with E-state index in [2.05, 4.69) is 18.6 Å². The van der Waals surface area contributed by atoms with E-state index >= 15 is 0 Å². The van der Waals surface area contributed by atoms with Crippen molar-refractivity contribution in [3.63, 3.8) is 0 Å². The fourth-order valence-corrected chi connectivity index (χ4v) is 3.73. The van der Waals surface area contributed by atoms with E-state index in [0.717, 1.165) is 29.7 Å². The molecule has 1 aromatic carbocycles. The van der Waals surface area contributed by atoms with Crippen LogP contribution in [0.1, 0.15) is 45.2 Å². The standard InChI is InChI=1S/C16H23F3NO3.Pb/c1-8-9(15(5,6)7-14(2,3)4)12(22)13(10(20)11(8)21)23-16(17,18)19;/h21-22H,2,7,20H2,1,3-6H3;. The Balaban J connectivity index is 3.59. The molecule has 0 unspecified atom stereocenters. The van der Waals surface area contributed by atoms with Gasteiger partial charge in [-0.2, -0.15) is 0 Å². The Morgan fingerprint density at radius 1 is 1.08 bits per heavy atom. The van der Waals surface area contributed by atoms with Gasteiger partial charge in [-0.3, -0.25) is 0 Å². The van der Waals surface area contributed by atoms with Crippen LogP contribution in [0, 0.1) is 12.3 Å². The van der Waals surface area contributed by atoms with Gasteiger partial charge in [0, 0.05) is 0 Å². The fourth-order valence-electron chi connectivity index (χ4n) is 3.24. The molecule has 3 radical (unpaired) electrons. The first kappa shape index (κ1) is 21.2. The molecule has 0 aliphatic rings. The Morgan fingerprint density at radius 2 is 1.58 bits per heavy atom. The maximum atomic E-state index is 12.6. The van der Waals surface area contributed by atoms with Crippen molar-refractivity contribution in [2.24, 2.45) is 5.41 Å². The summed E-state index contributed by atoms with van der Waals surface area (Å²) in [5, 5.41) is 20.6. The molecule has 4 N–H and O–H groups in total. The first-order chi connectivity index (χ1) is 10.6. The number of anilines is 1. The van der Waals surface area contributed by atoms with Crippen LogP contribution in [0.4, 0.5) is 18.9 Å². The molecule has 0 heterocycles. The molecule has 1 rings (SSSR count). The SMILES string of the molecule is Cc1c(O)c(N)c(OC(F)(F)F)c(O)c1C(C)(C)CC(C)(C)[CH2][Pb]. The summed E-state index contributed by atoms with van der Waals surface area (Å²) in [5.41, 5.74) is 4.65. The predicted octanol–water partition coefficient (Wildman–Crippen LogP) is 4.17. The molecule has 0 aliphatic carbocycles. The average molecular weight is 542 g/mol. The van der Waals surface area contributed by atoms with Gasteiger partial charge in [-0.1, -0.05) is 0 Å². The van der Waals surface area contributed by atoms with Crippen molar-refractivity contribution in [2.45, 2.75) is 56.8 Å². The van der Waals surface area contributed by atoms with Crippen LogP contribution in [0.5, 0.6) is 17.2 Å². The maximum absolute atomic E-state index is 12.6. The topological polar surface area (TPSA) is 75.7 Å². The van der Waals surface area contributed by atoms with Gasteiger partial charge in [-0.05, 0) is 0 Å². The normalized spacial score (nSPS) is 13.2. The van der Waals surface area contributed by atoms with Crippen LogP contribution < -0.4 is 10.5 Å². The molecule has 0 bridgehead atoms. The van der Waals surface area contributed by atoms with Gasteiger partial charge >= 0.3 is 156 Å². The average Bonchev–Trinajstić information content (AvgIpc) is 2.39. The number of alkyl halides is 3. The van der Waals surface area contributed by atoms with Crippen LogP contribution in [0.3, 0.4) is 0 Å². The summed E-state index contributed by atoms with van der Waals surface area (Å²) >= 11 is 0.984. The van der Waals surface area contributed by atoms with E-state index in [1.54, 1.807) is 0 Å². The number of nitrogen functional groups attached to an aromatic ring is 1. The molecule has 0 spiro atoms. The molecule has 0 saturated carbocycles. The van der Waals surface area contributed by atoms with E-state index in [1.807, 2.05) is 13.8 Å². The van der Waals surface area contributed by atoms with Gasteiger partial charge in [0.1, 0.15) is 0 Å². The van der Waals surface area contributed by atoms with Crippen molar-refractivity contribution in [3.8, 4) is 17.2 Å². The number of rotatable bonds is 5. The second-order valence-electron chi connectivity index (χ2n) is 7.39. The number of ether oxygens (including phenoxy) is 1. The Labute approximate surface area is 155 Å². The summed E-state index contributed by atoms with van der Waals surface area (Å²) in [6, 6.07) is 0. The zero-order chi connectivity index (χ0) is 19.1. The third-order valence-corrected chi connectivity index (χ3v) is 7.70. The summed E-state index contributed by atoms with van der Waals surface area (Å²) < 4.78 is 42.7. The van der Waals surface area contributed by atoms with Crippen molar-refractivity contribution < 1.29 is 28.1 Å². The summed E-state index contributed by atoms with van der Waals surface area (Å²) in [7, 11) is 0. The van der Waals surface area contributed by atoms with E-state index < -0.39 is 34.7 Å². The number of hydrogen-bond donors (Lipinski definition) is 3. The Bertz CT molecular complexity index is 628. The van der Waals surface area contributed by atoms with E-state index in [1.165, 1.54) is 6.92 Å². The zero-order valence-electron chi connectivity index (χ0n) is 14.4. The van der Waals surface area contributed by atoms with E-state index in [-0.39, 0.29) is 16.5 Å². The summed E-state index contributed by atoms with van der Waals surface area (Å²) in [6.45, 7) is 9.30. The van der Waals surface area contributed by atoms with E-state index in [9.17, 15) is 23.4 Å². The van der Waals surface area contributed by atoms with Gasteiger partial charge in [0.05, 0.1) is 0 Å². The predicted molar refractivity (Wildman–Crippen MR) is 87.6 cm³/mol. The quantitative estimate of drug-likeness (QED) is 0.227. The van der Waals surface area contributed by atoms with Crippen LogP contribution in [0.15, 0.2) is 0 Å². The second kappa shape index (κ2) is 6.80. The van der Waals surface area contributed by atoms with Gasteiger partial charge in [-0.25, -0.2) is 0 Å². The molecule has 0 amide bonds. The molecule has 1 aromatic rings. The summed E-state index contributed by atoms with van der Waals surface area (Å²) in [6.07, 6.45) is -4.41. The summed E-state index contributed by atoms with van der Waals surface area (Å²) in [5.74, 6) is -2.12. The second-order valence-corrected chi connectivity index (χ2v) is 8.76. The number of nitrogens with two attached hydrogens (primary N) is 1. The molecule has 0 aromatic heterocycles. The van der Waals surface area contributed by atoms with Crippen LogP contribution in [-0.2, 0) is 5.41 Å². The van der Waals surface area contributed by atoms with Gasteiger partial charge in [-0.15, -0.1) is 0 Å². The molecule has 0 aliphatic heterocycles. The third kappa shape index (κ3) is 4.60. The molecule has 4 nitrogen and oxygen atoms in total. The Kier molecular flexibility index (Phi) is 6.00. The fraction of sp³-hybridized carbons (Fsp3) is 0.625. The molecular weight excluding hydrogens is 518 g/mol. The van der Waals surface area contributed by atoms with Gasteiger partial charge in [0.2, 0.25) is 0 Å². The van der Waals surface area contributed by atoms with Crippen LogP contribution in [0.25, 0.3) is 0 Å². The molecule has 0 saturated heterocycles. The first-order valence-corrected chi connectivity index (χ1v) is 10.1. The van der Waals surface area contributed by atoms with E-state index in [0.29, 0.717) is 6.42 Å². The van der Waals surface area contributed by atoms with Crippen molar-refractivity contribution in [1.82, 2.24) is 0 Å². The number of halogens is 3. The molecule has 0 atom stereocenters. The van der Waals surface area contributed by atoms with Crippen LogP contribution in [-0.4, -0.2) is 42.3 Å². The number of benzene rings is 1. The molecule has 135 valence electrons. The van der Waals surface area contributed by atoms with Crippen LogP contribution >= 0.6 is 0 Å². The Hall–Kier alpha value is -0.868. The zero-order valence-corrected chi connectivity index (χ0v) is 18.3. The number of hydrogen-bond acceptors (Lipinski definition) is 4. The molecule has 8 heteroatoms. The minimum atomic E-state index is -5.02. The number of aromatic hydroxyl groups is 2. The van der Waals surface area contributed by atoms with Gasteiger partial charge < -0.3 is 0 Å². The molecular formula is C16H23F3NO3Pb. The minimum absolute atomic E-state index is 0.0450. The van der Waals surface area contributed by atoms with Crippen molar-refractivity contribution in [1.29, 1.82) is 0 Å². The molecule has 24 heavy (non-hydrogen) atoms. The Morgan fingerprint density at radius 3 is 2.00 bits per heavy atom. The van der Waals surface area contributed by atoms with Crippen LogP contribution in [0.2, 0.25) is 3.98 Å². The van der Waals surface area contributed by atoms with Gasteiger partial charge in [0.15, 0.2) is 0 Å². The molecule has 0 fully saturated rings. The van der Waals surface area contributed by atoms with Crippen molar-refractivity contribution in [3.05, 3.63) is 11.1 Å². The summed E-state index contributed by atoms with van der Waals surface area (Å²) in [4.78, 5) is 0. The number of phenolic OH excluding ortho intramolecular Hbond substituents is 2. The van der Waals surface area contributed by atoms with E-state index in [4.69, 9.17) is 5.73 Å². The number of phenols is 2. The van der Waals surface area contributed by atoms with Crippen molar-refractivity contribution in [2.75, 3.05) is 5.73 Å². The van der Waals surface area contributed by atoms with Gasteiger partial charge in [0.25, 0.3) is 0 Å². The monoisotopic (exact) mass is 542 g/mol.